The summed E-state index contributed by atoms with van der Waals surface area (Å²) in [6.45, 7) is 12.3. The van der Waals surface area contributed by atoms with Gasteiger partial charge in [-0.1, -0.05) is 27.7 Å². The normalized spacial score (nSPS) is 29.5. The van der Waals surface area contributed by atoms with Gasteiger partial charge in [-0.15, -0.1) is 0 Å². The zero-order valence-electron chi connectivity index (χ0n) is 13.3. The fourth-order valence-electron chi connectivity index (χ4n) is 3.19. The number of nitrogens with zero attached hydrogens (tertiary/aromatic N) is 1. The molecule has 1 aliphatic rings. The van der Waals surface area contributed by atoms with Gasteiger partial charge in [-0.05, 0) is 50.5 Å². The highest BCUT2D eigenvalue weighted by molar-refractivity contribution is 5.04. The molecule has 0 aliphatic heterocycles. The summed E-state index contributed by atoms with van der Waals surface area (Å²) < 4.78 is 6.06. The van der Waals surface area contributed by atoms with Crippen molar-refractivity contribution in [3.05, 3.63) is 0 Å². The van der Waals surface area contributed by atoms with E-state index in [0.29, 0.717) is 24.0 Å². The molecule has 0 aromatic rings. The summed E-state index contributed by atoms with van der Waals surface area (Å²) in [7, 11) is 0. The number of nitriles is 1. The van der Waals surface area contributed by atoms with E-state index in [0.717, 1.165) is 25.8 Å². The van der Waals surface area contributed by atoms with Gasteiger partial charge < -0.3 is 4.74 Å². The highest BCUT2D eigenvalue weighted by Gasteiger charge is 2.34. The fourth-order valence-corrected chi connectivity index (χ4v) is 3.19. The average molecular weight is 266 g/mol. The minimum atomic E-state index is -0.555. The quantitative estimate of drug-likeness (QED) is 0.800. The van der Waals surface area contributed by atoms with Crippen LogP contribution in [0.5, 0.6) is 0 Å². The molecule has 0 radical (unpaired) electrons. The fraction of sp³-hybridized carbons (Fsp3) is 0.938. The van der Waals surface area contributed by atoms with E-state index in [2.05, 4.69) is 39.1 Å². The van der Waals surface area contributed by atoms with Crippen molar-refractivity contribution in [2.24, 2.45) is 11.3 Å². The van der Waals surface area contributed by atoms with Crippen molar-refractivity contribution in [1.29, 1.82) is 5.26 Å². The smallest absolute Gasteiger partial charge is 0.127 e. The van der Waals surface area contributed by atoms with E-state index >= 15 is 0 Å². The second-order valence-corrected chi connectivity index (χ2v) is 7.22. The topological polar surface area (TPSA) is 45.0 Å². The third kappa shape index (κ3) is 5.50. The zero-order chi connectivity index (χ0) is 14.5. The van der Waals surface area contributed by atoms with Gasteiger partial charge in [-0.2, -0.15) is 5.26 Å². The molecule has 110 valence electrons. The van der Waals surface area contributed by atoms with Gasteiger partial charge in [0.2, 0.25) is 0 Å². The number of hydrogen-bond donors (Lipinski definition) is 1. The number of ether oxygens (including phenoxy) is 1. The lowest BCUT2D eigenvalue weighted by molar-refractivity contribution is -0.0368. The van der Waals surface area contributed by atoms with Crippen LogP contribution in [0.3, 0.4) is 0 Å². The molecule has 0 spiro atoms. The van der Waals surface area contributed by atoms with Crippen LogP contribution in [-0.2, 0) is 4.74 Å². The minimum Gasteiger partial charge on any atom is -0.375 e. The Kier molecular flexibility index (Phi) is 5.82. The van der Waals surface area contributed by atoms with Crippen LogP contribution in [0.1, 0.15) is 60.3 Å². The van der Waals surface area contributed by atoms with Gasteiger partial charge in [0.15, 0.2) is 0 Å². The number of rotatable bonds is 6. The molecule has 1 rings (SSSR count). The Morgan fingerprint density at radius 2 is 2.11 bits per heavy atom. The Balaban J connectivity index is 2.48. The molecule has 3 atom stereocenters. The van der Waals surface area contributed by atoms with Gasteiger partial charge in [-0.25, -0.2) is 0 Å². The van der Waals surface area contributed by atoms with Crippen LogP contribution in [0.2, 0.25) is 0 Å². The predicted molar refractivity (Wildman–Crippen MR) is 78.8 cm³/mol. The van der Waals surface area contributed by atoms with Gasteiger partial charge in [-0.3, -0.25) is 5.32 Å². The SMILES string of the molecule is CCCNC(C)(C#N)COC1CC(C)CC(C)(C)C1. The molecular formula is C16H30N2O. The van der Waals surface area contributed by atoms with Crippen LogP contribution in [0.4, 0.5) is 0 Å². The Morgan fingerprint density at radius 3 is 2.63 bits per heavy atom. The lowest BCUT2D eigenvalue weighted by Crippen LogP contribution is -2.47. The third-order valence-corrected chi connectivity index (χ3v) is 3.97. The molecule has 0 bridgehead atoms. The molecule has 0 aromatic heterocycles. The predicted octanol–water partition coefficient (Wildman–Crippen LogP) is 3.50. The maximum Gasteiger partial charge on any atom is 0.127 e. The molecule has 1 saturated carbocycles. The van der Waals surface area contributed by atoms with Gasteiger partial charge in [0.05, 0.1) is 18.8 Å². The zero-order valence-corrected chi connectivity index (χ0v) is 13.3. The second kappa shape index (κ2) is 6.72. The molecule has 19 heavy (non-hydrogen) atoms. The molecule has 1 N–H and O–H groups in total. The lowest BCUT2D eigenvalue weighted by Gasteiger charge is -2.39. The maximum absolute atomic E-state index is 9.30. The first-order valence-electron chi connectivity index (χ1n) is 7.58. The van der Waals surface area contributed by atoms with Crippen LogP contribution < -0.4 is 5.32 Å². The average Bonchev–Trinajstić information content (AvgIpc) is 2.31. The van der Waals surface area contributed by atoms with E-state index in [1.807, 2.05) is 6.92 Å². The summed E-state index contributed by atoms with van der Waals surface area (Å²) >= 11 is 0. The molecule has 0 saturated heterocycles. The van der Waals surface area contributed by atoms with E-state index < -0.39 is 5.54 Å². The van der Waals surface area contributed by atoms with Crippen molar-refractivity contribution in [3.63, 3.8) is 0 Å². The summed E-state index contributed by atoms with van der Waals surface area (Å²) in [5.41, 5.74) is -0.191. The van der Waals surface area contributed by atoms with Crippen molar-refractivity contribution < 1.29 is 4.74 Å². The molecule has 0 amide bonds. The second-order valence-electron chi connectivity index (χ2n) is 7.22. The standard InChI is InChI=1S/C16H30N2O/c1-6-7-18-16(5,11-17)12-19-14-8-13(2)9-15(3,4)10-14/h13-14,18H,6-10,12H2,1-5H3. The largest absolute Gasteiger partial charge is 0.375 e. The molecule has 0 heterocycles. The van der Waals surface area contributed by atoms with Crippen LogP contribution in [0.15, 0.2) is 0 Å². The van der Waals surface area contributed by atoms with Crippen molar-refractivity contribution in [1.82, 2.24) is 5.32 Å². The highest BCUT2D eigenvalue weighted by atomic mass is 16.5. The molecule has 3 heteroatoms. The van der Waals surface area contributed by atoms with Crippen LogP contribution in [0.25, 0.3) is 0 Å². The van der Waals surface area contributed by atoms with E-state index in [9.17, 15) is 5.26 Å². The molecule has 3 unspecified atom stereocenters. The number of hydrogen-bond acceptors (Lipinski definition) is 3. The summed E-state index contributed by atoms with van der Waals surface area (Å²) in [5.74, 6) is 0.714. The first-order chi connectivity index (χ1) is 8.80. The molecule has 3 nitrogen and oxygen atoms in total. The summed E-state index contributed by atoms with van der Waals surface area (Å²) in [5, 5.41) is 12.6. The molecule has 1 aliphatic carbocycles. The first kappa shape index (κ1) is 16.5. The Labute approximate surface area is 118 Å². The van der Waals surface area contributed by atoms with Gasteiger partial charge >= 0.3 is 0 Å². The maximum atomic E-state index is 9.30. The van der Waals surface area contributed by atoms with Gasteiger partial charge in [0.25, 0.3) is 0 Å². The van der Waals surface area contributed by atoms with E-state index in [4.69, 9.17) is 4.74 Å². The molecule has 1 fully saturated rings. The van der Waals surface area contributed by atoms with Crippen molar-refractivity contribution >= 4 is 0 Å². The van der Waals surface area contributed by atoms with E-state index in [1.54, 1.807) is 0 Å². The number of nitrogens with one attached hydrogen (secondary N) is 1. The van der Waals surface area contributed by atoms with Gasteiger partial charge in [0.1, 0.15) is 5.54 Å². The Hall–Kier alpha value is -0.590. The Morgan fingerprint density at radius 1 is 1.42 bits per heavy atom. The molecular weight excluding hydrogens is 236 g/mol. The third-order valence-electron chi connectivity index (χ3n) is 3.97. The molecule has 0 aromatic carbocycles. The van der Waals surface area contributed by atoms with E-state index in [-0.39, 0.29) is 0 Å². The highest BCUT2D eigenvalue weighted by Crippen LogP contribution is 2.39. The van der Waals surface area contributed by atoms with Crippen molar-refractivity contribution in [2.45, 2.75) is 71.9 Å². The van der Waals surface area contributed by atoms with Crippen LogP contribution in [-0.4, -0.2) is 24.8 Å². The Bertz CT molecular complexity index is 321. The summed E-state index contributed by atoms with van der Waals surface area (Å²) in [6.07, 6.45) is 4.84. The summed E-state index contributed by atoms with van der Waals surface area (Å²) in [6, 6.07) is 2.35. The van der Waals surface area contributed by atoms with E-state index in [1.165, 1.54) is 6.42 Å². The first-order valence-corrected chi connectivity index (χ1v) is 7.58. The monoisotopic (exact) mass is 266 g/mol. The van der Waals surface area contributed by atoms with Crippen molar-refractivity contribution in [3.8, 4) is 6.07 Å². The van der Waals surface area contributed by atoms with Crippen LogP contribution in [0, 0.1) is 22.7 Å². The van der Waals surface area contributed by atoms with Crippen LogP contribution >= 0.6 is 0 Å². The van der Waals surface area contributed by atoms with Gasteiger partial charge in [0, 0.05) is 0 Å². The van der Waals surface area contributed by atoms with Crippen molar-refractivity contribution in [2.75, 3.05) is 13.2 Å². The minimum absolute atomic E-state index is 0.301. The summed E-state index contributed by atoms with van der Waals surface area (Å²) in [4.78, 5) is 0. The lowest BCUT2D eigenvalue weighted by atomic mass is 9.71.